The quantitative estimate of drug-likeness (QED) is 0.693. The van der Waals surface area contributed by atoms with E-state index >= 15 is 0 Å². The van der Waals surface area contributed by atoms with E-state index in [0.29, 0.717) is 18.9 Å². The highest BCUT2D eigenvalue weighted by molar-refractivity contribution is 5.92. The monoisotopic (exact) mass is 417 g/mol. The molecule has 4 bridgehead atoms. The SMILES string of the molecule is C[C@]12CCC[C@@]3(C(=O)OC1)C1C[C@@H]4CCC1(C(=O)[C@@H]4CN1CCOCC1)[C@H](O)CC23. The molecule has 0 aromatic carbocycles. The van der Waals surface area contributed by atoms with Gasteiger partial charge in [-0.25, -0.2) is 0 Å². The van der Waals surface area contributed by atoms with Gasteiger partial charge in [-0.15, -0.1) is 0 Å². The molecule has 8 atom stereocenters. The van der Waals surface area contributed by atoms with E-state index in [1.807, 2.05) is 0 Å². The number of ether oxygens (including phenoxy) is 2. The minimum Gasteiger partial charge on any atom is -0.465 e. The lowest BCUT2D eigenvalue weighted by atomic mass is 9.34. The van der Waals surface area contributed by atoms with Crippen molar-refractivity contribution in [3.05, 3.63) is 0 Å². The van der Waals surface area contributed by atoms with Gasteiger partial charge < -0.3 is 14.6 Å². The van der Waals surface area contributed by atoms with Gasteiger partial charge in [0.15, 0.2) is 0 Å². The Morgan fingerprint density at radius 3 is 2.67 bits per heavy atom. The number of esters is 1. The van der Waals surface area contributed by atoms with E-state index in [1.54, 1.807) is 0 Å². The minimum atomic E-state index is -0.739. The van der Waals surface area contributed by atoms with Crippen molar-refractivity contribution in [2.45, 2.75) is 58.0 Å². The summed E-state index contributed by atoms with van der Waals surface area (Å²) in [4.78, 5) is 29.8. The third-order valence-corrected chi connectivity index (χ3v) is 10.4. The predicted octanol–water partition coefficient (Wildman–Crippen LogP) is 2.03. The number of morpholine rings is 1. The summed E-state index contributed by atoms with van der Waals surface area (Å²) in [6.07, 6.45) is 5.53. The molecule has 0 aromatic rings. The van der Waals surface area contributed by atoms with Crippen LogP contribution < -0.4 is 0 Å². The van der Waals surface area contributed by atoms with E-state index < -0.39 is 16.9 Å². The maximum atomic E-state index is 14.1. The highest BCUT2D eigenvalue weighted by Gasteiger charge is 2.76. The van der Waals surface area contributed by atoms with Gasteiger partial charge in [-0.1, -0.05) is 13.3 Å². The number of cyclic esters (lactones) is 1. The second-order valence-electron chi connectivity index (χ2n) is 11.4. The third-order valence-electron chi connectivity index (χ3n) is 10.4. The molecule has 2 saturated heterocycles. The van der Waals surface area contributed by atoms with Crippen molar-refractivity contribution >= 4 is 11.8 Å². The summed E-state index contributed by atoms with van der Waals surface area (Å²) < 4.78 is 11.3. The molecule has 7 fully saturated rings. The van der Waals surface area contributed by atoms with Crippen molar-refractivity contribution in [2.24, 2.45) is 39.9 Å². The standard InChI is InChI=1S/C24H35NO5/c1-22-4-2-5-23(21(28)30-14-22)17(22)12-19(26)24-6-3-15(11-18(23)24)16(20(24)27)13-25-7-9-29-10-8-25/h15-19,26H,2-14H2,1H3/t15-,16+,17?,18?,19+,22-,23-,24?/m0/s1. The molecule has 3 unspecified atom stereocenters. The van der Waals surface area contributed by atoms with Crippen molar-refractivity contribution in [2.75, 3.05) is 39.5 Å². The molecule has 0 amide bonds. The summed E-state index contributed by atoms with van der Waals surface area (Å²) in [6.45, 7) is 6.73. The van der Waals surface area contributed by atoms with Crippen molar-refractivity contribution in [1.29, 1.82) is 0 Å². The Morgan fingerprint density at radius 1 is 1.07 bits per heavy atom. The first-order chi connectivity index (χ1) is 14.4. The summed E-state index contributed by atoms with van der Waals surface area (Å²) in [5.74, 6) is 0.619. The lowest BCUT2D eigenvalue weighted by Crippen LogP contribution is -2.74. The van der Waals surface area contributed by atoms with Crippen LogP contribution in [0.5, 0.6) is 0 Å². The Balaban J connectivity index is 1.38. The molecule has 0 radical (unpaired) electrons. The number of nitrogens with zero attached hydrogens (tertiary/aromatic N) is 1. The number of Topliss-reactive ketones (excluding diaryl/α,β-unsaturated/α-hetero) is 1. The van der Waals surface area contributed by atoms with Gasteiger partial charge in [-0.05, 0) is 56.3 Å². The van der Waals surface area contributed by atoms with Crippen LogP contribution in [0.3, 0.4) is 0 Å². The van der Waals surface area contributed by atoms with E-state index in [1.165, 1.54) is 0 Å². The van der Waals surface area contributed by atoms with Crippen molar-refractivity contribution in [3.63, 3.8) is 0 Å². The van der Waals surface area contributed by atoms with Crippen LogP contribution >= 0.6 is 0 Å². The van der Waals surface area contributed by atoms with Gasteiger partial charge in [0.05, 0.1) is 36.8 Å². The molecule has 1 N–H and O–H groups in total. The van der Waals surface area contributed by atoms with Crippen molar-refractivity contribution in [1.82, 2.24) is 4.90 Å². The molecule has 6 nitrogen and oxygen atoms in total. The van der Waals surface area contributed by atoms with Gasteiger partial charge >= 0.3 is 5.97 Å². The van der Waals surface area contributed by atoms with Crippen LogP contribution in [0, 0.1) is 39.9 Å². The highest BCUT2D eigenvalue weighted by Crippen LogP contribution is 2.72. The Kier molecular flexibility index (Phi) is 4.28. The predicted molar refractivity (Wildman–Crippen MR) is 108 cm³/mol. The average molecular weight is 418 g/mol. The number of ketones is 1. The Hall–Kier alpha value is -0.980. The summed E-state index contributed by atoms with van der Waals surface area (Å²) >= 11 is 0. The molecule has 7 rings (SSSR count). The zero-order chi connectivity index (χ0) is 20.7. The highest BCUT2D eigenvalue weighted by atomic mass is 16.5. The Morgan fingerprint density at radius 2 is 1.87 bits per heavy atom. The van der Waals surface area contributed by atoms with Crippen LogP contribution in [0.4, 0.5) is 0 Å². The molecular formula is C24H35NO5. The topological polar surface area (TPSA) is 76.1 Å². The molecule has 7 aliphatic rings. The number of aliphatic hydroxyl groups excluding tert-OH is 1. The second kappa shape index (κ2) is 6.52. The zero-order valence-corrected chi connectivity index (χ0v) is 18.1. The maximum Gasteiger partial charge on any atom is 0.312 e. The first-order valence-electron chi connectivity index (χ1n) is 12.1. The first-order valence-corrected chi connectivity index (χ1v) is 12.1. The van der Waals surface area contributed by atoms with Gasteiger partial charge in [0, 0.05) is 31.0 Å². The van der Waals surface area contributed by atoms with Gasteiger partial charge in [0.1, 0.15) is 5.78 Å². The van der Waals surface area contributed by atoms with Gasteiger partial charge in [0.2, 0.25) is 0 Å². The van der Waals surface area contributed by atoms with Gasteiger partial charge in [0.25, 0.3) is 0 Å². The normalized spacial score (nSPS) is 53.1. The fourth-order valence-corrected chi connectivity index (χ4v) is 9.00. The lowest BCUT2D eigenvalue weighted by Gasteiger charge is -2.70. The summed E-state index contributed by atoms with van der Waals surface area (Å²) in [7, 11) is 0. The van der Waals surface area contributed by atoms with Crippen LogP contribution in [-0.2, 0) is 19.1 Å². The number of aliphatic hydroxyl groups is 1. The van der Waals surface area contributed by atoms with Crippen molar-refractivity contribution in [3.8, 4) is 0 Å². The summed E-state index contributed by atoms with van der Waals surface area (Å²) in [6, 6.07) is 0. The number of rotatable bonds is 2. The largest absolute Gasteiger partial charge is 0.465 e. The fourth-order valence-electron chi connectivity index (χ4n) is 9.00. The summed E-state index contributed by atoms with van der Waals surface area (Å²) in [5, 5.41) is 11.6. The van der Waals surface area contributed by atoms with Crippen LogP contribution in [0.1, 0.15) is 51.9 Å². The van der Waals surface area contributed by atoms with Crippen LogP contribution in [0.2, 0.25) is 0 Å². The number of fused-ring (bicyclic) bond motifs is 2. The van der Waals surface area contributed by atoms with Crippen LogP contribution in [-0.4, -0.2) is 67.3 Å². The number of carbonyl (C=O) groups is 2. The maximum absolute atomic E-state index is 14.1. The molecule has 2 heterocycles. The zero-order valence-electron chi connectivity index (χ0n) is 18.1. The molecule has 5 saturated carbocycles. The summed E-state index contributed by atoms with van der Waals surface area (Å²) in [5.41, 5.74) is -1.35. The van der Waals surface area contributed by atoms with E-state index in [0.717, 1.165) is 71.4 Å². The Bertz CT molecular complexity index is 765. The number of hydrogen-bond acceptors (Lipinski definition) is 6. The van der Waals surface area contributed by atoms with Crippen molar-refractivity contribution < 1.29 is 24.2 Å². The van der Waals surface area contributed by atoms with Gasteiger partial charge in [-0.2, -0.15) is 0 Å². The molecule has 6 heteroatoms. The second-order valence-corrected chi connectivity index (χ2v) is 11.4. The van der Waals surface area contributed by atoms with Gasteiger partial charge in [-0.3, -0.25) is 14.5 Å². The molecule has 5 aliphatic carbocycles. The Labute approximate surface area is 178 Å². The fraction of sp³-hybridized carbons (Fsp3) is 0.917. The first kappa shape index (κ1) is 19.7. The van der Waals surface area contributed by atoms with E-state index in [9.17, 15) is 14.7 Å². The minimum absolute atomic E-state index is 0.00900. The van der Waals surface area contributed by atoms with Crippen LogP contribution in [0.15, 0.2) is 0 Å². The number of hydrogen-bond donors (Lipinski definition) is 1. The van der Waals surface area contributed by atoms with E-state index in [4.69, 9.17) is 9.47 Å². The molecule has 1 spiro atoms. The average Bonchev–Trinajstić information content (AvgIpc) is 2.75. The molecule has 166 valence electrons. The smallest absolute Gasteiger partial charge is 0.312 e. The molecular weight excluding hydrogens is 382 g/mol. The van der Waals surface area contributed by atoms with E-state index in [-0.39, 0.29) is 34.9 Å². The number of carbonyl (C=O) groups excluding carboxylic acids is 2. The van der Waals surface area contributed by atoms with E-state index in [2.05, 4.69) is 11.8 Å². The molecule has 0 aromatic heterocycles. The van der Waals surface area contributed by atoms with Crippen LogP contribution in [0.25, 0.3) is 0 Å². The molecule has 30 heavy (non-hydrogen) atoms. The third kappa shape index (κ3) is 2.31. The molecule has 2 aliphatic heterocycles. The lowest BCUT2D eigenvalue weighted by molar-refractivity contribution is -0.262.